The molecule has 8 nitrogen and oxygen atoms in total. The lowest BCUT2D eigenvalue weighted by Gasteiger charge is -2.34. The number of likely N-dealkylation sites (tertiary alicyclic amines) is 1. The Bertz CT molecular complexity index is 1070. The predicted molar refractivity (Wildman–Crippen MR) is 117 cm³/mol. The number of piperidine rings is 1. The van der Waals surface area contributed by atoms with Crippen LogP contribution in [0.5, 0.6) is 0 Å². The Balaban J connectivity index is 1.67. The van der Waals surface area contributed by atoms with E-state index in [0.717, 1.165) is 47.0 Å². The number of rotatable bonds is 3. The Labute approximate surface area is 180 Å². The molecule has 0 aromatic carbocycles. The highest BCUT2D eigenvalue weighted by molar-refractivity contribution is 7.98. The molecule has 0 N–H and O–H groups in total. The molecule has 1 atom stereocenters. The highest BCUT2D eigenvalue weighted by atomic mass is 32.2. The summed E-state index contributed by atoms with van der Waals surface area (Å²) in [6.45, 7) is 7.01. The molecule has 4 heterocycles. The lowest BCUT2D eigenvalue weighted by Crippen LogP contribution is -2.42. The molecule has 9 heteroatoms. The van der Waals surface area contributed by atoms with E-state index in [1.54, 1.807) is 21.3 Å². The first-order chi connectivity index (χ1) is 14.2. The number of hydrogen-bond acceptors (Lipinski definition) is 6. The fourth-order valence-corrected chi connectivity index (χ4v) is 4.32. The molecular weight excluding hydrogens is 400 g/mol. The van der Waals surface area contributed by atoms with Crippen LogP contribution in [0, 0.1) is 0 Å². The maximum Gasteiger partial charge on any atom is 0.410 e. The largest absolute Gasteiger partial charge is 0.444 e. The molecule has 0 radical (unpaired) electrons. The normalized spacial score (nSPS) is 17.5. The topological polar surface area (TPSA) is 77.5 Å². The van der Waals surface area contributed by atoms with Gasteiger partial charge in [0.1, 0.15) is 10.6 Å². The highest BCUT2D eigenvalue weighted by Gasteiger charge is 2.30. The number of ether oxygens (including phenoxy) is 1. The van der Waals surface area contributed by atoms with Crippen LogP contribution in [-0.4, -0.2) is 60.1 Å². The number of aromatic nitrogens is 5. The first kappa shape index (κ1) is 20.7. The Morgan fingerprint density at radius 2 is 2.07 bits per heavy atom. The summed E-state index contributed by atoms with van der Waals surface area (Å²) in [5.74, 6) is 0.158. The average molecular weight is 429 g/mol. The van der Waals surface area contributed by atoms with Gasteiger partial charge in [0.05, 0.1) is 23.8 Å². The molecule has 3 aromatic heterocycles. The van der Waals surface area contributed by atoms with Gasteiger partial charge in [-0.25, -0.2) is 14.8 Å². The first-order valence-corrected chi connectivity index (χ1v) is 11.4. The van der Waals surface area contributed by atoms with Gasteiger partial charge in [0.25, 0.3) is 0 Å². The minimum atomic E-state index is -0.497. The number of carbonyl (C=O) groups is 1. The zero-order valence-corrected chi connectivity index (χ0v) is 18.9. The van der Waals surface area contributed by atoms with Crippen molar-refractivity contribution in [2.75, 3.05) is 19.3 Å². The molecule has 0 aliphatic carbocycles. The minimum absolute atomic E-state index is 0.158. The fraction of sp³-hybridized carbons (Fsp3) is 0.524. The van der Waals surface area contributed by atoms with Crippen molar-refractivity contribution in [3.8, 4) is 11.3 Å². The van der Waals surface area contributed by atoms with E-state index < -0.39 is 5.60 Å². The van der Waals surface area contributed by atoms with Gasteiger partial charge in [0.15, 0.2) is 5.65 Å². The van der Waals surface area contributed by atoms with Crippen LogP contribution in [0.2, 0.25) is 0 Å². The molecule has 30 heavy (non-hydrogen) atoms. The van der Waals surface area contributed by atoms with E-state index in [-0.39, 0.29) is 12.0 Å². The lowest BCUT2D eigenvalue weighted by molar-refractivity contribution is 0.0197. The quantitative estimate of drug-likeness (QED) is 0.588. The second-order valence-corrected chi connectivity index (χ2v) is 9.48. The molecule has 1 amide bonds. The number of aryl methyl sites for hydroxylation is 1. The smallest absolute Gasteiger partial charge is 0.410 e. The van der Waals surface area contributed by atoms with Gasteiger partial charge >= 0.3 is 6.09 Å². The standard InChI is InChI=1S/C21H28N6O2S/c1-21(2,3)29-20(28)26-8-6-7-14(12-26)16-13-27-17(15-9-23-25(4)11-15)10-22-18(27)19(24-16)30-5/h9-11,13-14H,6-8,12H2,1-5H3. The number of carbonyl (C=O) groups excluding carboxylic acids is 1. The summed E-state index contributed by atoms with van der Waals surface area (Å²) >= 11 is 1.58. The number of hydrogen-bond donors (Lipinski definition) is 0. The van der Waals surface area contributed by atoms with Crippen LogP contribution in [0.1, 0.15) is 45.2 Å². The third-order valence-electron chi connectivity index (χ3n) is 5.17. The molecule has 1 unspecified atom stereocenters. The fourth-order valence-electron chi connectivity index (χ4n) is 3.79. The summed E-state index contributed by atoms with van der Waals surface area (Å²) in [5.41, 5.74) is 3.31. The number of nitrogens with zero attached hydrogens (tertiary/aromatic N) is 6. The van der Waals surface area contributed by atoms with Crippen molar-refractivity contribution < 1.29 is 9.53 Å². The van der Waals surface area contributed by atoms with E-state index in [1.807, 2.05) is 52.7 Å². The van der Waals surface area contributed by atoms with Crippen LogP contribution >= 0.6 is 11.8 Å². The van der Waals surface area contributed by atoms with Crippen molar-refractivity contribution in [3.05, 3.63) is 30.5 Å². The maximum absolute atomic E-state index is 12.6. The Kier molecular flexibility index (Phi) is 5.48. The van der Waals surface area contributed by atoms with E-state index in [0.29, 0.717) is 6.54 Å². The lowest BCUT2D eigenvalue weighted by atomic mass is 9.95. The SMILES string of the molecule is CSc1nc(C2CCCN(C(=O)OC(C)(C)C)C2)cn2c(-c3cnn(C)c3)cnc12. The number of fused-ring (bicyclic) bond motifs is 1. The Hall–Kier alpha value is -2.55. The van der Waals surface area contributed by atoms with E-state index in [1.165, 1.54) is 0 Å². The van der Waals surface area contributed by atoms with Crippen LogP contribution in [0.15, 0.2) is 29.8 Å². The van der Waals surface area contributed by atoms with E-state index in [4.69, 9.17) is 9.72 Å². The molecule has 0 saturated carbocycles. The van der Waals surface area contributed by atoms with Crippen molar-refractivity contribution in [1.82, 2.24) is 29.0 Å². The molecule has 0 bridgehead atoms. The number of imidazole rings is 1. The van der Waals surface area contributed by atoms with Crippen molar-refractivity contribution >= 4 is 23.5 Å². The van der Waals surface area contributed by atoms with Crippen molar-refractivity contribution in [2.24, 2.45) is 7.05 Å². The van der Waals surface area contributed by atoms with Crippen LogP contribution in [-0.2, 0) is 11.8 Å². The number of thioether (sulfide) groups is 1. The highest BCUT2D eigenvalue weighted by Crippen LogP contribution is 2.31. The van der Waals surface area contributed by atoms with Gasteiger partial charge in [-0.3, -0.25) is 9.08 Å². The van der Waals surface area contributed by atoms with E-state index in [9.17, 15) is 4.79 Å². The van der Waals surface area contributed by atoms with E-state index >= 15 is 0 Å². The molecule has 3 aromatic rings. The van der Waals surface area contributed by atoms with Gasteiger partial charge in [-0.15, -0.1) is 11.8 Å². The van der Waals surface area contributed by atoms with Gasteiger partial charge in [0.2, 0.25) is 0 Å². The van der Waals surface area contributed by atoms with Gasteiger partial charge in [0, 0.05) is 44.0 Å². The molecule has 1 aliphatic rings. The van der Waals surface area contributed by atoms with Crippen LogP contribution < -0.4 is 0 Å². The summed E-state index contributed by atoms with van der Waals surface area (Å²) in [6, 6.07) is 0. The predicted octanol–water partition coefficient (Wildman–Crippen LogP) is 3.97. The summed E-state index contributed by atoms with van der Waals surface area (Å²) in [6.07, 6.45) is 11.4. The van der Waals surface area contributed by atoms with E-state index in [2.05, 4.69) is 20.7 Å². The Morgan fingerprint density at radius 3 is 2.73 bits per heavy atom. The van der Waals surface area contributed by atoms with Crippen LogP contribution in [0.25, 0.3) is 16.9 Å². The molecule has 4 rings (SSSR count). The third-order valence-corrected chi connectivity index (χ3v) is 5.83. The summed E-state index contributed by atoms with van der Waals surface area (Å²) in [4.78, 5) is 23.9. The summed E-state index contributed by atoms with van der Waals surface area (Å²) in [5, 5.41) is 5.18. The first-order valence-electron chi connectivity index (χ1n) is 10.1. The van der Waals surface area contributed by atoms with Crippen LogP contribution in [0.4, 0.5) is 4.79 Å². The van der Waals surface area contributed by atoms with Gasteiger partial charge < -0.3 is 9.64 Å². The van der Waals surface area contributed by atoms with Crippen molar-refractivity contribution in [2.45, 2.75) is 50.2 Å². The molecular formula is C21H28N6O2S. The monoisotopic (exact) mass is 428 g/mol. The molecule has 1 saturated heterocycles. The molecule has 1 aliphatic heterocycles. The van der Waals surface area contributed by atoms with Gasteiger partial charge in [-0.05, 0) is 39.9 Å². The second kappa shape index (κ2) is 7.94. The third kappa shape index (κ3) is 4.16. The number of amides is 1. The molecule has 0 spiro atoms. The summed E-state index contributed by atoms with van der Waals surface area (Å²) < 4.78 is 9.46. The van der Waals surface area contributed by atoms with Crippen molar-refractivity contribution in [1.29, 1.82) is 0 Å². The maximum atomic E-state index is 12.6. The van der Waals surface area contributed by atoms with Gasteiger partial charge in [-0.1, -0.05) is 0 Å². The average Bonchev–Trinajstić information content (AvgIpc) is 3.31. The molecule has 160 valence electrons. The second-order valence-electron chi connectivity index (χ2n) is 8.68. The molecule has 1 fully saturated rings. The summed E-state index contributed by atoms with van der Waals surface area (Å²) in [7, 11) is 1.90. The zero-order chi connectivity index (χ0) is 21.5. The van der Waals surface area contributed by atoms with Crippen molar-refractivity contribution in [3.63, 3.8) is 0 Å². The Morgan fingerprint density at radius 1 is 1.27 bits per heavy atom. The van der Waals surface area contributed by atoms with Crippen LogP contribution in [0.3, 0.4) is 0 Å². The minimum Gasteiger partial charge on any atom is -0.444 e. The zero-order valence-electron chi connectivity index (χ0n) is 18.1. The van der Waals surface area contributed by atoms with Gasteiger partial charge in [-0.2, -0.15) is 5.10 Å².